The number of para-hydroxylation sites is 1. The van der Waals surface area contributed by atoms with Gasteiger partial charge < -0.3 is 15.0 Å². The summed E-state index contributed by atoms with van der Waals surface area (Å²) in [6.45, 7) is 12.7. The van der Waals surface area contributed by atoms with Gasteiger partial charge in [-0.2, -0.15) is 0 Å². The molecule has 0 atom stereocenters. The molecule has 0 aliphatic carbocycles. The monoisotopic (exact) mass is 414 g/mol. The Morgan fingerprint density at radius 3 is 2.17 bits per heavy atom. The van der Waals surface area contributed by atoms with E-state index in [1.807, 2.05) is 85.0 Å². The van der Waals surface area contributed by atoms with E-state index in [0.717, 1.165) is 18.5 Å². The average molecular weight is 415 g/mol. The van der Waals surface area contributed by atoms with Crippen LogP contribution in [0.4, 0.5) is 0 Å². The molecule has 2 aromatic rings. The highest BCUT2D eigenvalue weighted by Gasteiger charge is 2.19. The summed E-state index contributed by atoms with van der Waals surface area (Å²) in [4.78, 5) is 24.7. The van der Waals surface area contributed by atoms with Gasteiger partial charge in [0, 0.05) is 26.2 Å². The van der Waals surface area contributed by atoms with Crippen LogP contribution in [-0.4, -0.2) is 43.5 Å². The van der Waals surface area contributed by atoms with E-state index in [9.17, 15) is 9.59 Å². The molecular formula is C25H38N2O3. The maximum Gasteiger partial charge on any atom is 0.254 e. The van der Waals surface area contributed by atoms with Crippen LogP contribution in [0.25, 0.3) is 0 Å². The molecular weight excluding hydrogens is 376 g/mol. The Kier molecular flexibility index (Phi) is 13.7. The van der Waals surface area contributed by atoms with Crippen molar-refractivity contribution in [2.75, 3.05) is 20.6 Å². The quantitative estimate of drug-likeness (QED) is 0.751. The zero-order valence-electron chi connectivity index (χ0n) is 19.8. The van der Waals surface area contributed by atoms with Gasteiger partial charge in [-0.3, -0.25) is 9.59 Å². The number of ether oxygens (including phenoxy) is 1. The third-order valence-electron chi connectivity index (χ3n) is 4.03. The van der Waals surface area contributed by atoms with E-state index in [0.29, 0.717) is 11.3 Å². The summed E-state index contributed by atoms with van der Waals surface area (Å²) in [5, 5.41) is 2.58. The van der Waals surface area contributed by atoms with Gasteiger partial charge in [-0.05, 0) is 44.0 Å². The van der Waals surface area contributed by atoms with Crippen LogP contribution in [0.15, 0.2) is 48.5 Å². The first-order valence-corrected chi connectivity index (χ1v) is 10.7. The fraction of sp³-hybridized carbons (Fsp3) is 0.440. The predicted molar refractivity (Wildman–Crippen MR) is 125 cm³/mol. The van der Waals surface area contributed by atoms with E-state index >= 15 is 0 Å². The molecule has 0 saturated heterocycles. The molecule has 0 aromatic heterocycles. The Labute approximate surface area is 182 Å². The van der Waals surface area contributed by atoms with Gasteiger partial charge in [0.1, 0.15) is 5.75 Å². The first-order valence-electron chi connectivity index (χ1n) is 10.7. The van der Waals surface area contributed by atoms with Gasteiger partial charge in [-0.15, -0.1) is 0 Å². The number of carbonyl (C=O) groups is 2. The largest absolute Gasteiger partial charge is 0.490 e. The molecule has 5 heteroatoms. The SMILES string of the molecule is CC.CC.CN1CCc2ccccc2C1=O.CNC(=O)c1ccccc1OC(C)C. The zero-order valence-corrected chi connectivity index (χ0v) is 19.8. The Hall–Kier alpha value is -2.82. The van der Waals surface area contributed by atoms with Crippen LogP contribution in [0, 0.1) is 0 Å². The smallest absolute Gasteiger partial charge is 0.254 e. The van der Waals surface area contributed by atoms with Crippen LogP contribution < -0.4 is 10.1 Å². The second-order valence-corrected chi connectivity index (χ2v) is 6.38. The maximum absolute atomic E-state index is 11.5. The summed E-state index contributed by atoms with van der Waals surface area (Å²) >= 11 is 0. The van der Waals surface area contributed by atoms with Crippen molar-refractivity contribution in [2.24, 2.45) is 0 Å². The van der Waals surface area contributed by atoms with Gasteiger partial charge in [0.05, 0.1) is 11.7 Å². The highest BCUT2D eigenvalue weighted by Crippen LogP contribution is 2.19. The lowest BCUT2D eigenvalue weighted by molar-refractivity contribution is 0.0780. The van der Waals surface area contributed by atoms with E-state index in [4.69, 9.17) is 4.74 Å². The lowest BCUT2D eigenvalue weighted by Crippen LogP contribution is -2.33. The molecule has 5 nitrogen and oxygen atoms in total. The standard InChI is InChI=1S/C11H15NO2.C10H11NO.2C2H6/c1-8(2)14-10-7-5-4-6-9(10)11(13)12-3;1-11-7-6-8-4-2-3-5-9(8)10(11)12;2*1-2/h4-8H,1-3H3,(H,12,13);2-5H,6-7H2,1H3;2*1-2H3. The molecule has 30 heavy (non-hydrogen) atoms. The van der Waals surface area contributed by atoms with Crippen molar-refractivity contribution in [2.45, 2.75) is 54.1 Å². The van der Waals surface area contributed by atoms with Crippen LogP contribution in [0.3, 0.4) is 0 Å². The molecule has 0 bridgehead atoms. The summed E-state index contributed by atoms with van der Waals surface area (Å²) in [7, 11) is 3.45. The van der Waals surface area contributed by atoms with Crippen LogP contribution in [0.5, 0.6) is 5.75 Å². The summed E-state index contributed by atoms with van der Waals surface area (Å²) in [5.74, 6) is 0.653. The van der Waals surface area contributed by atoms with Crippen molar-refractivity contribution < 1.29 is 14.3 Å². The number of hydrogen-bond acceptors (Lipinski definition) is 3. The van der Waals surface area contributed by atoms with Gasteiger partial charge in [0.15, 0.2) is 0 Å². The Balaban J connectivity index is 0.000000484. The summed E-state index contributed by atoms with van der Waals surface area (Å²) in [6.07, 6.45) is 1.05. The molecule has 2 amide bonds. The fourth-order valence-corrected chi connectivity index (χ4v) is 2.69. The van der Waals surface area contributed by atoms with Crippen molar-refractivity contribution in [3.8, 4) is 5.75 Å². The average Bonchev–Trinajstić information content (AvgIpc) is 2.79. The van der Waals surface area contributed by atoms with E-state index in [-0.39, 0.29) is 17.9 Å². The molecule has 0 unspecified atom stereocenters. The Morgan fingerprint density at radius 1 is 1.00 bits per heavy atom. The molecule has 0 saturated carbocycles. The maximum atomic E-state index is 11.5. The fourth-order valence-electron chi connectivity index (χ4n) is 2.69. The minimum atomic E-state index is -0.124. The summed E-state index contributed by atoms with van der Waals surface area (Å²) in [6, 6.07) is 15.0. The van der Waals surface area contributed by atoms with Crippen molar-refractivity contribution in [1.82, 2.24) is 10.2 Å². The van der Waals surface area contributed by atoms with Gasteiger partial charge in [0.25, 0.3) is 11.8 Å². The predicted octanol–water partition coefficient (Wildman–Crippen LogP) is 5.20. The third-order valence-corrected chi connectivity index (χ3v) is 4.03. The van der Waals surface area contributed by atoms with Crippen LogP contribution in [0.2, 0.25) is 0 Å². The minimum Gasteiger partial charge on any atom is -0.490 e. The molecule has 1 heterocycles. The molecule has 1 aliphatic rings. The van der Waals surface area contributed by atoms with E-state index < -0.39 is 0 Å². The van der Waals surface area contributed by atoms with Gasteiger partial charge in [-0.25, -0.2) is 0 Å². The Bertz CT molecular complexity index is 772. The van der Waals surface area contributed by atoms with E-state index in [2.05, 4.69) is 5.32 Å². The molecule has 1 aliphatic heterocycles. The number of rotatable bonds is 3. The van der Waals surface area contributed by atoms with Gasteiger partial charge in [0.2, 0.25) is 0 Å². The number of nitrogens with zero attached hydrogens (tertiary/aromatic N) is 1. The van der Waals surface area contributed by atoms with Crippen LogP contribution in [-0.2, 0) is 6.42 Å². The molecule has 3 rings (SSSR count). The highest BCUT2D eigenvalue weighted by atomic mass is 16.5. The first-order chi connectivity index (χ1) is 14.4. The number of benzene rings is 2. The number of fused-ring (bicyclic) bond motifs is 1. The Morgan fingerprint density at radius 2 is 1.57 bits per heavy atom. The number of nitrogens with one attached hydrogen (secondary N) is 1. The molecule has 166 valence electrons. The number of amides is 2. The normalized spacial score (nSPS) is 11.5. The molecule has 2 aromatic carbocycles. The minimum absolute atomic E-state index is 0.0702. The lowest BCUT2D eigenvalue weighted by Gasteiger charge is -2.24. The van der Waals surface area contributed by atoms with Crippen molar-refractivity contribution in [3.63, 3.8) is 0 Å². The topological polar surface area (TPSA) is 58.6 Å². The molecule has 0 fully saturated rings. The van der Waals surface area contributed by atoms with Crippen LogP contribution in [0.1, 0.15) is 67.8 Å². The second-order valence-electron chi connectivity index (χ2n) is 6.38. The van der Waals surface area contributed by atoms with Crippen molar-refractivity contribution >= 4 is 11.8 Å². The summed E-state index contributed by atoms with van der Waals surface area (Å²) < 4.78 is 5.51. The van der Waals surface area contributed by atoms with E-state index in [1.165, 1.54) is 5.56 Å². The van der Waals surface area contributed by atoms with Crippen LogP contribution >= 0.6 is 0 Å². The van der Waals surface area contributed by atoms with E-state index in [1.54, 1.807) is 24.1 Å². The molecule has 1 N–H and O–H groups in total. The number of carbonyl (C=O) groups excluding carboxylic acids is 2. The number of likely N-dealkylation sites (N-methyl/N-ethyl adjacent to an activating group) is 1. The van der Waals surface area contributed by atoms with Crippen molar-refractivity contribution in [1.29, 1.82) is 0 Å². The molecule has 0 radical (unpaired) electrons. The zero-order chi connectivity index (χ0) is 23.1. The highest BCUT2D eigenvalue weighted by molar-refractivity contribution is 5.97. The number of hydrogen-bond donors (Lipinski definition) is 1. The van der Waals surface area contributed by atoms with Gasteiger partial charge in [-0.1, -0.05) is 58.0 Å². The third kappa shape index (κ3) is 8.27. The van der Waals surface area contributed by atoms with Crippen molar-refractivity contribution in [3.05, 3.63) is 65.2 Å². The summed E-state index contributed by atoms with van der Waals surface area (Å²) in [5.41, 5.74) is 2.62. The lowest BCUT2D eigenvalue weighted by atomic mass is 10.00. The second kappa shape index (κ2) is 15.1. The molecule has 0 spiro atoms. The first kappa shape index (κ1) is 27.2. The van der Waals surface area contributed by atoms with Gasteiger partial charge >= 0.3 is 0 Å².